The number of rotatable bonds is 6. The predicted molar refractivity (Wildman–Crippen MR) is 106 cm³/mol. The third kappa shape index (κ3) is 4.42. The van der Waals surface area contributed by atoms with Gasteiger partial charge in [0, 0.05) is 32.1 Å². The Bertz CT molecular complexity index is 791. The quantitative estimate of drug-likeness (QED) is 0.789. The molecule has 1 saturated carbocycles. The number of morpholine rings is 1. The minimum absolute atomic E-state index is 0.0576. The normalized spacial score (nSPS) is 24.5. The van der Waals surface area contributed by atoms with E-state index in [-0.39, 0.29) is 12.3 Å². The number of carbonyl (C=O) groups is 1. The molecule has 2 heterocycles. The third-order valence-electron chi connectivity index (χ3n) is 5.79. The SMILES string of the molecule is CNC(=O)Cc1nc([C@H]2CC[C@H]3OCCN[C@@H]3C2)n(CCc2ccccc2)n1. The second-order valence-corrected chi connectivity index (χ2v) is 7.67. The van der Waals surface area contributed by atoms with Crippen molar-refractivity contribution in [2.45, 2.75) is 56.7 Å². The van der Waals surface area contributed by atoms with Crippen molar-refractivity contribution in [3.8, 4) is 0 Å². The first kappa shape index (κ1) is 19.1. The van der Waals surface area contributed by atoms with E-state index < -0.39 is 0 Å². The van der Waals surface area contributed by atoms with Crippen LogP contribution in [0, 0.1) is 0 Å². The molecule has 7 heteroatoms. The first-order chi connectivity index (χ1) is 13.7. The Morgan fingerprint density at radius 1 is 1.32 bits per heavy atom. The van der Waals surface area contributed by atoms with Crippen LogP contribution in [0.1, 0.15) is 42.4 Å². The van der Waals surface area contributed by atoms with Crippen molar-refractivity contribution in [2.24, 2.45) is 0 Å². The van der Waals surface area contributed by atoms with E-state index in [9.17, 15) is 4.79 Å². The summed E-state index contributed by atoms with van der Waals surface area (Å²) in [5, 5.41) is 10.9. The molecule has 1 saturated heterocycles. The van der Waals surface area contributed by atoms with Crippen LogP contribution in [-0.4, -0.2) is 53.0 Å². The summed E-state index contributed by atoms with van der Waals surface area (Å²) >= 11 is 0. The maximum absolute atomic E-state index is 11.8. The molecule has 0 unspecified atom stereocenters. The van der Waals surface area contributed by atoms with Crippen molar-refractivity contribution < 1.29 is 9.53 Å². The Balaban J connectivity index is 1.52. The highest BCUT2D eigenvalue weighted by Crippen LogP contribution is 2.34. The molecule has 0 radical (unpaired) electrons. The molecule has 1 amide bonds. The van der Waals surface area contributed by atoms with Crippen LogP contribution in [-0.2, 0) is 28.9 Å². The number of likely N-dealkylation sites (N-methyl/N-ethyl adjacent to an activating group) is 1. The third-order valence-corrected chi connectivity index (χ3v) is 5.79. The van der Waals surface area contributed by atoms with E-state index in [1.165, 1.54) is 5.56 Å². The number of hydrogen-bond acceptors (Lipinski definition) is 5. The molecule has 2 aromatic rings. The molecule has 4 rings (SSSR count). The molecular weight excluding hydrogens is 354 g/mol. The van der Waals surface area contributed by atoms with E-state index in [1.54, 1.807) is 7.05 Å². The second kappa shape index (κ2) is 8.84. The van der Waals surface area contributed by atoms with Crippen molar-refractivity contribution in [3.63, 3.8) is 0 Å². The predicted octanol–water partition coefficient (Wildman–Crippen LogP) is 1.43. The molecule has 150 valence electrons. The van der Waals surface area contributed by atoms with Gasteiger partial charge in [-0.05, 0) is 31.2 Å². The lowest BCUT2D eigenvalue weighted by atomic mass is 9.82. The summed E-state index contributed by atoms with van der Waals surface area (Å²) in [6.45, 7) is 2.49. The second-order valence-electron chi connectivity index (χ2n) is 7.67. The molecule has 1 aliphatic carbocycles. The number of hydrogen-bond donors (Lipinski definition) is 2. The van der Waals surface area contributed by atoms with Crippen LogP contribution in [0.25, 0.3) is 0 Å². The zero-order chi connectivity index (χ0) is 19.3. The van der Waals surface area contributed by atoms with Gasteiger partial charge in [-0.3, -0.25) is 4.79 Å². The molecule has 7 nitrogen and oxygen atoms in total. The Morgan fingerprint density at radius 2 is 2.18 bits per heavy atom. The molecule has 3 atom stereocenters. The number of carbonyl (C=O) groups excluding carboxylic acids is 1. The molecule has 2 fully saturated rings. The molecule has 0 bridgehead atoms. The number of ether oxygens (including phenoxy) is 1. The topological polar surface area (TPSA) is 81.1 Å². The molecule has 2 aliphatic rings. The lowest BCUT2D eigenvalue weighted by Crippen LogP contribution is -2.51. The van der Waals surface area contributed by atoms with Gasteiger partial charge in [-0.2, -0.15) is 5.10 Å². The molecular formula is C21H29N5O2. The standard InChI is InChI=1S/C21H29N5O2/c1-22-20(27)14-19-24-21(16-7-8-18-17(13-16)23-10-12-28-18)26(25-19)11-9-15-5-3-2-4-6-15/h2-6,16-18,23H,7-14H2,1H3,(H,22,27)/t16-,17+,18+/m0/s1. The number of nitrogens with zero attached hydrogens (tertiary/aromatic N) is 3. The van der Waals surface area contributed by atoms with Gasteiger partial charge < -0.3 is 15.4 Å². The highest BCUT2D eigenvalue weighted by Gasteiger charge is 2.35. The summed E-state index contributed by atoms with van der Waals surface area (Å²) in [4.78, 5) is 16.6. The van der Waals surface area contributed by atoms with Crippen LogP contribution in [0.2, 0.25) is 0 Å². The summed E-state index contributed by atoms with van der Waals surface area (Å²) in [5.74, 6) is 1.91. The van der Waals surface area contributed by atoms with Gasteiger partial charge in [-0.1, -0.05) is 30.3 Å². The Kier molecular flexibility index (Phi) is 6.02. The van der Waals surface area contributed by atoms with Crippen molar-refractivity contribution in [2.75, 3.05) is 20.2 Å². The van der Waals surface area contributed by atoms with Gasteiger partial charge in [0.15, 0.2) is 5.82 Å². The number of benzene rings is 1. The van der Waals surface area contributed by atoms with E-state index in [0.717, 1.165) is 51.2 Å². The van der Waals surface area contributed by atoms with Crippen molar-refractivity contribution in [3.05, 3.63) is 47.5 Å². The lowest BCUT2D eigenvalue weighted by molar-refractivity contribution is -0.120. The Hall–Kier alpha value is -2.25. The van der Waals surface area contributed by atoms with Crippen molar-refractivity contribution >= 4 is 5.91 Å². The van der Waals surface area contributed by atoms with Gasteiger partial charge in [0.05, 0.1) is 19.1 Å². The van der Waals surface area contributed by atoms with Crippen LogP contribution < -0.4 is 10.6 Å². The largest absolute Gasteiger partial charge is 0.375 e. The van der Waals surface area contributed by atoms with E-state index in [0.29, 0.717) is 23.9 Å². The number of fused-ring (bicyclic) bond motifs is 1. The lowest BCUT2D eigenvalue weighted by Gasteiger charge is -2.39. The minimum atomic E-state index is -0.0576. The maximum atomic E-state index is 11.8. The van der Waals surface area contributed by atoms with Gasteiger partial charge >= 0.3 is 0 Å². The van der Waals surface area contributed by atoms with Crippen LogP contribution in [0.15, 0.2) is 30.3 Å². The van der Waals surface area contributed by atoms with E-state index >= 15 is 0 Å². The van der Waals surface area contributed by atoms with Crippen LogP contribution in [0.3, 0.4) is 0 Å². The number of amides is 1. The molecule has 1 aromatic heterocycles. The zero-order valence-electron chi connectivity index (χ0n) is 16.4. The average molecular weight is 383 g/mol. The molecule has 1 aromatic carbocycles. The highest BCUT2D eigenvalue weighted by atomic mass is 16.5. The summed E-state index contributed by atoms with van der Waals surface area (Å²) in [6, 6.07) is 10.8. The van der Waals surface area contributed by atoms with Crippen LogP contribution in [0.5, 0.6) is 0 Å². The first-order valence-corrected chi connectivity index (χ1v) is 10.3. The smallest absolute Gasteiger partial charge is 0.227 e. The van der Waals surface area contributed by atoms with Gasteiger partial charge in [0.25, 0.3) is 0 Å². The monoisotopic (exact) mass is 383 g/mol. The van der Waals surface area contributed by atoms with Crippen molar-refractivity contribution in [1.29, 1.82) is 0 Å². The number of nitrogens with one attached hydrogen (secondary N) is 2. The summed E-state index contributed by atoms with van der Waals surface area (Å²) in [5.41, 5.74) is 1.28. The molecule has 28 heavy (non-hydrogen) atoms. The fourth-order valence-corrected chi connectivity index (χ4v) is 4.30. The van der Waals surface area contributed by atoms with E-state index in [4.69, 9.17) is 9.72 Å². The fourth-order valence-electron chi connectivity index (χ4n) is 4.30. The van der Waals surface area contributed by atoms with Crippen LogP contribution in [0.4, 0.5) is 0 Å². The Morgan fingerprint density at radius 3 is 3.00 bits per heavy atom. The van der Waals surface area contributed by atoms with E-state index in [2.05, 4.69) is 40.0 Å². The fraction of sp³-hybridized carbons (Fsp3) is 0.571. The summed E-state index contributed by atoms with van der Waals surface area (Å²) < 4.78 is 7.94. The number of aryl methyl sites for hydroxylation is 2. The summed E-state index contributed by atoms with van der Waals surface area (Å²) in [7, 11) is 1.64. The maximum Gasteiger partial charge on any atom is 0.227 e. The first-order valence-electron chi connectivity index (χ1n) is 10.3. The minimum Gasteiger partial charge on any atom is -0.375 e. The molecule has 2 N–H and O–H groups in total. The van der Waals surface area contributed by atoms with Gasteiger partial charge in [-0.25, -0.2) is 9.67 Å². The van der Waals surface area contributed by atoms with Crippen LogP contribution >= 0.6 is 0 Å². The Labute approximate surface area is 165 Å². The van der Waals surface area contributed by atoms with Gasteiger partial charge in [-0.15, -0.1) is 0 Å². The van der Waals surface area contributed by atoms with E-state index in [1.807, 2.05) is 10.7 Å². The van der Waals surface area contributed by atoms with Gasteiger partial charge in [0.1, 0.15) is 5.82 Å². The number of aromatic nitrogens is 3. The average Bonchev–Trinajstić information content (AvgIpc) is 3.15. The molecule has 0 spiro atoms. The highest BCUT2D eigenvalue weighted by molar-refractivity contribution is 5.77. The summed E-state index contributed by atoms with van der Waals surface area (Å²) in [6.07, 6.45) is 4.54. The van der Waals surface area contributed by atoms with Gasteiger partial charge in [0.2, 0.25) is 5.91 Å². The molecule has 1 aliphatic heterocycles. The zero-order valence-corrected chi connectivity index (χ0v) is 16.4. The van der Waals surface area contributed by atoms with Crippen molar-refractivity contribution in [1.82, 2.24) is 25.4 Å².